The number of piperidine rings is 1. The topological polar surface area (TPSA) is 57.7 Å². The lowest BCUT2D eigenvalue weighted by atomic mass is 9.99. The Balaban J connectivity index is 2.16. The minimum absolute atomic E-state index is 0.00133. The van der Waals surface area contributed by atoms with Crippen molar-refractivity contribution in [1.29, 1.82) is 0 Å². The molecule has 0 unspecified atom stereocenters. The lowest BCUT2D eigenvalue weighted by molar-refractivity contribution is -0.132. The van der Waals surface area contributed by atoms with Crippen molar-refractivity contribution in [2.24, 2.45) is 5.92 Å². The summed E-state index contributed by atoms with van der Waals surface area (Å²) in [5.74, 6) is 0.645. The van der Waals surface area contributed by atoms with Gasteiger partial charge in [0.25, 0.3) is 0 Å². The highest BCUT2D eigenvalue weighted by atomic mass is 35.5. The Morgan fingerprint density at radius 1 is 1.28 bits per heavy atom. The highest BCUT2D eigenvalue weighted by molar-refractivity contribution is 7.92. The van der Waals surface area contributed by atoms with Crippen LogP contribution in [0.15, 0.2) is 12.1 Å². The number of likely N-dealkylation sites (tertiary alicyclic amines) is 1. The fourth-order valence-electron chi connectivity index (χ4n) is 3.28. The van der Waals surface area contributed by atoms with Gasteiger partial charge in [0.1, 0.15) is 0 Å². The average Bonchev–Trinajstić information content (AvgIpc) is 2.48. The summed E-state index contributed by atoms with van der Waals surface area (Å²) >= 11 is 6.31. The van der Waals surface area contributed by atoms with Crippen LogP contribution in [-0.4, -0.2) is 45.1 Å². The molecular formula is C18H27ClN2O3S. The normalized spacial score (nSPS) is 16.1. The van der Waals surface area contributed by atoms with Gasteiger partial charge in [0.05, 0.1) is 17.0 Å². The number of carbonyl (C=O) groups is 1. The zero-order valence-electron chi connectivity index (χ0n) is 15.4. The fourth-order valence-corrected chi connectivity index (χ4v) is 4.75. The summed E-state index contributed by atoms with van der Waals surface area (Å²) < 4.78 is 25.8. The minimum Gasteiger partial charge on any atom is -0.343 e. The molecule has 0 saturated carbocycles. The number of halogens is 1. The zero-order chi connectivity index (χ0) is 18.8. The molecule has 0 aromatic heterocycles. The molecule has 1 aliphatic heterocycles. The van der Waals surface area contributed by atoms with Crippen LogP contribution in [-0.2, 0) is 14.8 Å². The highest BCUT2D eigenvalue weighted by Gasteiger charge is 2.25. The molecule has 1 fully saturated rings. The molecule has 1 aliphatic rings. The van der Waals surface area contributed by atoms with Crippen molar-refractivity contribution >= 4 is 33.2 Å². The second-order valence-corrected chi connectivity index (χ2v) is 9.37. The summed E-state index contributed by atoms with van der Waals surface area (Å²) in [5, 5.41) is 0.391. The number of carbonyl (C=O) groups excluding carboxylic acids is 1. The third-order valence-electron chi connectivity index (χ3n) is 4.71. The van der Waals surface area contributed by atoms with E-state index in [0.29, 0.717) is 16.6 Å². The monoisotopic (exact) mass is 386 g/mol. The predicted octanol–water partition coefficient (Wildman–Crippen LogP) is 3.37. The van der Waals surface area contributed by atoms with Gasteiger partial charge >= 0.3 is 0 Å². The van der Waals surface area contributed by atoms with Crippen molar-refractivity contribution in [2.45, 2.75) is 40.0 Å². The second kappa shape index (κ2) is 7.96. The molecule has 0 bridgehead atoms. The molecule has 1 saturated heterocycles. The van der Waals surface area contributed by atoms with Crippen molar-refractivity contribution in [3.05, 3.63) is 28.3 Å². The van der Waals surface area contributed by atoms with Crippen LogP contribution in [0.25, 0.3) is 0 Å². The Hall–Kier alpha value is -1.27. The summed E-state index contributed by atoms with van der Waals surface area (Å²) in [4.78, 5) is 14.3. The Morgan fingerprint density at radius 2 is 1.88 bits per heavy atom. The molecule has 1 heterocycles. The summed E-state index contributed by atoms with van der Waals surface area (Å²) in [6.07, 6.45) is 3.32. The summed E-state index contributed by atoms with van der Waals surface area (Å²) in [6.45, 7) is 7.55. The van der Waals surface area contributed by atoms with Gasteiger partial charge in [-0.3, -0.25) is 9.10 Å². The van der Waals surface area contributed by atoms with Gasteiger partial charge in [0, 0.05) is 26.1 Å². The third-order valence-corrected chi connectivity index (χ3v) is 6.17. The summed E-state index contributed by atoms with van der Waals surface area (Å²) in [6, 6.07) is 3.64. The molecule has 1 aromatic carbocycles. The molecule has 2 rings (SSSR count). The molecular weight excluding hydrogens is 360 g/mol. The molecule has 1 amide bonds. The number of hydrogen-bond donors (Lipinski definition) is 0. The number of rotatable bonds is 5. The van der Waals surface area contributed by atoms with Gasteiger partial charge in [-0.15, -0.1) is 0 Å². The Kier molecular flexibility index (Phi) is 6.38. The van der Waals surface area contributed by atoms with Crippen LogP contribution in [0.5, 0.6) is 0 Å². The van der Waals surface area contributed by atoms with Crippen LogP contribution >= 0.6 is 11.6 Å². The van der Waals surface area contributed by atoms with E-state index in [0.717, 1.165) is 43.3 Å². The van der Waals surface area contributed by atoms with Gasteiger partial charge in [-0.05, 0) is 49.8 Å². The van der Waals surface area contributed by atoms with E-state index in [2.05, 4.69) is 6.92 Å². The number of sulfonamides is 1. The van der Waals surface area contributed by atoms with Crippen LogP contribution in [0.1, 0.15) is 37.3 Å². The van der Waals surface area contributed by atoms with E-state index in [-0.39, 0.29) is 18.9 Å². The zero-order valence-corrected chi connectivity index (χ0v) is 17.0. The van der Waals surface area contributed by atoms with Gasteiger partial charge in [0.15, 0.2) is 0 Å². The van der Waals surface area contributed by atoms with Gasteiger partial charge in [-0.1, -0.05) is 24.6 Å². The van der Waals surface area contributed by atoms with E-state index in [9.17, 15) is 13.2 Å². The number of aryl methyl sites for hydroxylation is 2. The van der Waals surface area contributed by atoms with Crippen molar-refractivity contribution < 1.29 is 13.2 Å². The molecule has 0 atom stereocenters. The molecule has 0 aliphatic carbocycles. The van der Waals surface area contributed by atoms with Crippen molar-refractivity contribution in [2.75, 3.05) is 30.2 Å². The molecule has 1 aromatic rings. The quantitative estimate of drug-likeness (QED) is 0.779. The predicted molar refractivity (Wildman–Crippen MR) is 103 cm³/mol. The first-order valence-corrected chi connectivity index (χ1v) is 10.8. The van der Waals surface area contributed by atoms with E-state index in [4.69, 9.17) is 11.6 Å². The first kappa shape index (κ1) is 20.0. The lowest BCUT2D eigenvalue weighted by Gasteiger charge is -2.31. The Labute approximate surface area is 156 Å². The standard InChI is InChI=1S/C18H27ClN2O3S/c1-13-5-8-20(9-6-13)17(22)7-10-21(25(4,23)24)18-15(3)11-14(2)12-16(18)19/h11-13H,5-10H2,1-4H3. The lowest BCUT2D eigenvalue weighted by Crippen LogP contribution is -2.40. The van der Waals surface area contributed by atoms with Crippen molar-refractivity contribution in [1.82, 2.24) is 4.90 Å². The maximum Gasteiger partial charge on any atom is 0.232 e. The van der Waals surface area contributed by atoms with E-state index >= 15 is 0 Å². The van der Waals surface area contributed by atoms with Crippen LogP contribution in [0.3, 0.4) is 0 Å². The molecule has 5 nitrogen and oxygen atoms in total. The molecule has 0 spiro atoms. The second-order valence-electron chi connectivity index (χ2n) is 7.06. The number of amides is 1. The first-order valence-electron chi connectivity index (χ1n) is 8.62. The van der Waals surface area contributed by atoms with E-state index in [1.165, 1.54) is 4.31 Å². The fraction of sp³-hybridized carbons (Fsp3) is 0.611. The summed E-state index contributed by atoms with van der Waals surface area (Å²) in [5.41, 5.74) is 2.22. The van der Waals surface area contributed by atoms with Crippen LogP contribution in [0.4, 0.5) is 5.69 Å². The number of benzene rings is 1. The number of anilines is 1. The van der Waals surface area contributed by atoms with E-state index in [1.54, 1.807) is 6.07 Å². The molecule has 0 radical (unpaired) electrons. The van der Waals surface area contributed by atoms with E-state index in [1.807, 2.05) is 24.8 Å². The van der Waals surface area contributed by atoms with Crippen LogP contribution in [0, 0.1) is 19.8 Å². The molecule has 25 heavy (non-hydrogen) atoms. The molecule has 140 valence electrons. The Bertz CT molecular complexity index is 718. The van der Waals surface area contributed by atoms with Gasteiger partial charge in [-0.25, -0.2) is 8.42 Å². The average molecular weight is 387 g/mol. The third kappa shape index (κ3) is 5.11. The summed E-state index contributed by atoms with van der Waals surface area (Å²) in [7, 11) is -3.53. The van der Waals surface area contributed by atoms with Gasteiger partial charge in [-0.2, -0.15) is 0 Å². The molecule has 0 N–H and O–H groups in total. The maximum absolute atomic E-state index is 12.5. The molecule has 7 heteroatoms. The minimum atomic E-state index is -3.53. The van der Waals surface area contributed by atoms with Crippen LogP contribution in [0.2, 0.25) is 5.02 Å². The number of nitrogens with zero attached hydrogens (tertiary/aromatic N) is 2. The largest absolute Gasteiger partial charge is 0.343 e. The van der Waals surface area contributed by atoms with Crippen LogP contribution < -0.4 is 4.31 Å². The number of hydrogen-bond acceptors (Lipinski definition) is 3. The van der Waals surface area contributed by atoms with Gasteiger partial charge < -0.3 is 4.90 Å². The Morgan fingerprint density at radius 3 is 2.40 bits per heavy atom. The van der Waals surface area contributed by atoms with Crippen molar-refractivity contribution in [3.8, 4) is 0 Å². The van der Waals surface area contributed by atoms with E-state index < -0.39 is 10.0 Å². The SMILES string of the molecule is Cc1cc(C)c(N(CCC(=O)N2CCC(C)CC2)S(C)(=O)=O)c(Cl)c1. The highest BCUT2D eigenvalue weighted by Crippen LogP contribution is 2.32. The van der Waals surface area contributed by atoms with Gasteiger partial charge in [0.2, 0.25) is 15.9 Å². The van der Waals surface area contributed by atoms with Crippen molar-refractivity contribution in [3.63, 3.8) is 0 Å². The maximum atomic E-state index is 12.5. The first-order chi connectivity index (χ1) is 11.6. The smallest absolute Gasteiger partial charge is 0.232 e.